The number of hydrogen-bond donors (Lipinski definition) is 0. The summed E-state index contributed by atoms with van der Waals surface area (Å²) < 4.78 is 5.65. The molecule has 1 nitrogen and oxygen atoms in total. The predicted molar refractivity (Wildman–Crippen MR) is 123 cm³/mol. The van der Waals surface area contributed by atoms with Gasteiger partial charge >= 0.3 is 0 Å². The summed E-state index contributed by atoms with van der Waals surface area (Å²) in [5.41, 5.74) is 0. The fraction of sp³-hybridized carbons (Fsp3) is 1.00. The van der Waals surface area contributed by atoms with Crippen molar-refractivity contribution in [1.82, 2.24) is 0 Å². The van der Waals surface area contributed by atoms with E-state index >= 15 is 0 Å². The van der Waals surface area contributed by atoms with Gasteiger partial charge in [-0.15, -0.1) is 10.6 Å². The first-order chi connectivity index (χ1) is 12.8. The summed E-state index contributed by atoms with van der Waals surface area (Å²) in [4.78, 5) is 0. The molecule has 157 valence electrons. The molecule has 0 aromatic carbocycles. The van der Waals surface area contributed by atoms with Crippen molar-refractivity contribution >= 4 is 15.2 Å². The lowest BCUT2D eigenvalue weighted by molar-refractivity contribution is 0.125. The van der Waals surface area contributed by atoms with E-state index in [1.807, 2.05) is 0 Å². The number of unbranched alkanes of at least 4 members (excludes halogenated alkanes) is 12. The molecule has 1 radical (unpaired) electrons. The van der Waals surface area contributed by atoms with E-state index in [0.29, 0.717) is 0 Å². The van der Waals surface area contributed by atoms with E-state index < -0.39 is 0 Å². The van der Waals surface area contributed by atoms with Crippen molar-refractivity contribution in [1.29, 1.82) is 0 Å². The lowest BCUT2D eigenvalue weighted by Crippen LogP contribution is -1.97. The number of hydrogen-bond acceptors (Lipinski definition) is 1. The topological polar surface area (TPSA) is 9.23 Å². The Balaban J connectivity index is 0. The molecule has 0 amide bonds. The van der Waals surface area contributed by atoms with Crippen LogP contribution >= 0.6 is 0 Å². The maximum absolute atomic E-state index is 5.65. The highest BCUT2D eigenvalue weighted by Gasteiger charge is 1.93. The highest BCUT2D eigenvalue weighted by Crippen LogP contribution is 2.07. The van der Waals surface area contributed by atoms with Crippen molar-refractivity contribution in [3.8, 4) is 0 Å². The van der Waals surface area contributed by atoms with Gasteiger partial charge in [-0.2, -0.15) is 0 Å². The third kappa shape index (κ3) is 32.2. The molecule has 0 heterocycles. The van der Waals surface area contributed by atoms with Gasteiger partial charge in [0, 0.05) is 13.2 Å². The molecule has 0 rings (SSSR count). The molecule has 0 saturated heterocycles. The molecule has 0 saturated carbocycles. The lowest BCUT2D eigenvalue weighted by atomic mass is 10.1. The highest BCUT2D eigenvalue weighted by molar-refractivity contribution is 6.35. The van der Waals surface area contributed by atoms with Gasteiger partial charge in [0.1, 0.15) is 0 Å². The Morgan fingerprint density at radius 2 is 0.769 bits per heavy atom. The van der Waals surface area contributed by atoms with Crippen LogP contribution in [0.2, 0.25) is 10.6 Å². The third-order valence-electron chi connectivity index (χ3n) is 4.81. The maximum atomic E-state index is 5.65. The summed E-state index contributed by atoms with van der Waals surface area (Å²) in [7, 11) is 0. The van der Waals surface area contributed by atoms with Crippen LogP contribution in [0, 0.1) is 0 Å². The van der Waals surface area contributed by atoms with Gasteiger partial charge in [-0.1, -0.05) is 118 Å². The smallest absolute Gasteiger partial charge is 0.199 e. The average molecular weight is 384 g/mol. The molecule has 0 aliphatic heterocycles. The molecule has 2 heteroatoms. The van der Waals surface area contributed by atoms with Crippen LogP contribution in [-0.2, 0) is 4.74 Å². The van der Waals surface area contributed by atoms with Gasteiger partial charge < -0.3 is 4.74 Å². The molecule has 0 unspecified atom stereocenters. The minimum atomic E-state index is 0.818. The first kappa shape index (κ1) is 28.7. The second-order valence-corrected chi connectivity index (χ2v) is 9.45. The normalized spacial score (nSPS) is 10.5. The van der Waals surface area contributed by atoms with E-state index in [1.165, 1.54) is 113 Å². The van der Waals surface area contributed by atoms with E-state index in [1.54, 1.807) is 0 Å². The van der Waals surface area contributed by atoms with Crippen molar-refractivity contribution in [3.63, 3.8) is 0 Å². The van der Waals surface area contributed by atoms with E-state index in [0.717, 1.165) is 28.4 Å². The van der Waals surface area contributed by atoms with Crippen molar-refractivity contribution in [2.24, 2.45) is 0 Å². The molecule has 0 aliphatic rings. The monoisotopic (exact) mass is 383 g/mol. The standard InChI is InChI=1S/C16H34O.2C4H9.Al/c1-3-5-7-9-11-13-15-17-16-14-12-10-8-6-4-2;2*1-3-4-2;/h3-16H2,1-2H3;2*1,3-4H2,2H3;. The minimum absolute atomic E-state index is 0.818. The second kappa shape index (κ2) is 30.2. The van der Waals surface area contributed by atoms with Gasteiger partial charge in [-0.3, -0.25) is 0 Å². The zero-order valence-electron chi connectivity index (χ0n) is 19.1. The minimum Gasteiger partial charge on any atom is -0.381 e. The Hall–Kier alpha value is 0.492. The van der Waals surface area contributed by atoms with Crippen LogP contribution < -0.4 is 0 Å². The van der Waals surface area contributed by atoms with Crippen LogP contribution in [0.5, 0.6) is 0 Å². The SMILES string of the molecule is CCCCCCCCOCCCCCCCC.CCC[CH2][Al][CH2]CCC. The quantitative estimate of drug-likeness (QED) is 0.151. The zero-order chi connectivity index (χ0) is 19.6. The fourth-order valence-electron chi connectivity index (χ4n) is 2.91. The maximum Gasteiger partial charge on any atom is 0.199 e. The van der Waals surface area contributed by atoms with Gasteiger partial charge in [-0.05, 0) is 12.8 Å². The summed E-state index contributed by atoms with van der Waals surface area (Å²) >= 11 is 0.818. The molecule has 0 atom stereocenters. The van der Waals surface area contributed by atoms with Crippen LogP contribution in [-0.4, -0.2) is 28.4 Å². The van der Waals surface area contributed by atoms with E-state index in [4.69, 9.17) is 4.74 Å². The molecule has 0 aromatic heterocycles. The Kier molecular flexibility index (Phi) is 33.4. The van der Waals surface area contributed by atoms with Crippen LogP contribution in [0.15, 0.2) is 0 Å². The summed E-state index contributed by atoms with van der Waals surface area (Å²) in [6.07, 6.45) is 22.1. The highest BCUT2D eigenvalue weighted by atomic mass is 27.1. The summed E-state index contributed by atoms with van der Waals surface area (Å²) in [6.45, 7) is 11.1. The predicted octanol–water partition coefficient (Wildman–Crippen LogP) is 8.85. The van der Waals surface area contributed by atoms with E-state index in [-0.39, 0.29) is 0 Å². The Bertz CT molecular complexity index is 188. The zero-order valence-corrected chi connectivity index (χ0v) is 20.3. The summed E-state index contributed by atoms with van der Waals surface area (Å²) in [5.74, 6) is 0. The molecule has 0 aliphatic carbocycles. The Labute approximate surface area is 174 Å². The van der Waals surface area contributed by atoms with E-state index in [2.05, 4.69) is 27.7 Å². The van der Waals surface area contributed by atoms with Crippen molar-refractivity contribution in [2.75, 3.05) is 13.2 Å². The van der Waals surface area contributed by atoms with Crippen molar-refractivity contribution < 1.29 is 4.74 Å². The van der Waals surface area contributed by atoms with Crippen molar-refractivity contribution in [3.05, 3.63) is 0 Å². The largest absolute Gasteiger partial charge is 0.381 e. The van der Waals surface area contributed by atoms with Gasteiger partial charge in [0.2, 0.25) is 0 Å². The molecule has 0 bridgehead atoms. The van der Waals surface area contributed by atoms with Crippen LogP contribution in [0.4, 0.5) is 0 Å². The van der Waals surface area contributed by atoms with Gasteiger partial charge in [0.15, 0.2) is 15.2 Å². The fourth-order valence-corrected chi connectivity index (χ4v) is 4.59. The molecule has 0 spiro atoms. The first-order valence-corrected chi connectivity index (χ1v) is 13.9. The molecular formula is C24H52AlO. The van der Waals surface area contributed by atoms with Gasteiger partial charge in [0.05, 0.1) is 0 Å². The average Bonchev–Trinajstić information content (AvgIpc) is 2.66. The van der Waals surface area contributed by atoms with Crippen LogP contribution in [0.25, 0.3) is 0 Å². The molecule has 0 aromatic rings. The third-order valence-corrected chi connectivity index (χ3v) is 6.44. The molecule has 0 fully saturated rings. The summed E-state index contributed by atoms with van der Waals surface area (Å²) in [6, 6.07) is 0. The first-order valence-electron chi connectivity index (χ1n) is 12.2. The Morgan fingerprint density at radius 3 is 1.15 bits per heavy atom. The number of rotatable bonds is 20. The molecular weight excluding hydrogens is 331 g/mol. The lowest BCUT2D eigenvalue weighted by Gasteiger charge is -2.04. The second-order valence-electron chi connectivity index (χ2n) is 7.72. The Morgan fingerprint density at radius 1 is 0.423 bits per heavy atom. The molecule has 0 N–H and O–H groups in total. The summed E-state index contributed by atoms with van der Waals surface area (Å²) in [5, 5.41) is 3.08. The van der Waals surface area contributed by atoms with Crippen molar-refractivity contribution in [2.45, 2.75) is 141 Å². The van der Waals surface area contributed by atoms with Gasteiger partial charge in [-0.25, -0.2) is 0 Å². The van der Waals surface area contributed by atoms with Crippen LogP contribution in [0.3, 0.4) is 0 Å². The molecule has 26 heavy (non-hydrogen) atoms. The van der Waals surface area contributed by atoms with Crippen LogP contribution in [0.1, 0.15) is 130 Å². The van der Waals surface area contributed by atoms with E-state index in [9.17, 15) is 0 Å². The number of ether oxygens (including phenoxy) is 1. The van der Waals surface area contributed by atoms with Gasteiger partial charge in [0.25, 0.3) is 0 Å².